The minimum absolute atomic E-state index is 0.0590. The number of aromatic nitrogens is 2. The van der Waals surface area contributed by atoms with E-state index in [4.69, 9.17) is 4.74 Å². The van der Waals surface area contributed by atoms with Crippen LogP contribution in [0.25, 0.3) is 11.4 Å². The molecule has 0 saturated carbocycles. The monoisotopic (exact) mass is 285 g/mol. The van der Waals surface area contributed by atoms with E-state index in [1.165, 1.54) is 0 Å². The highest BCUT2D eigenvalue weighted by molar-refractivity contribution is 5.64. The first kappa shape index (κ1) is 15.4. The number of rotatable bonds is 4. The average molecular weight is 285 g/mol. The second-order valence-corrected chi connectivity index (χ2v) is 6.13. The van der Waals surface area contributed by atoms with Crippen LogP contribution in [0.2, 0.25) is 0 Å². The summed E-state index contributed by atoms with van der Waals surface area (Å²) < 4.78 is 5.40. The molecular weight excluding hydrogens is 262 g/mol. The lowest BCUT2D eigenvalue weighted by Crippen LogP contribution is -2.35. The van der Waals surface area contributed by atoms with Crippen LogP contribution in [0.3, 0.4) is 0 Å². The van der Waals surface area contributed by atoms with Crippen molar-refractivity contribution in [3.8, 4) is 17.1 Å². The molecule has 112 valence electrons. The number of nitrogens with zero attached hydrogens (tertiary/aromatic N) is 2. The molecule has 2 aromatic rings. The number of ether oxygens (including phenoxy) is 1. The van der Waals surface area contributed by atoms with Gasteiger partial charge in [0.1, 0.15) is 5.75 Å². The quantitative estimate of drug-likeness (QED) is 0.936. The third kappa shape index (κ3) is 4.26. The van der Waals surface area contributed by atoms with E-state index in [0.29, 0.717) is 5.82 Å². The fourth-order valence-electron chi connectivity index (χ4n) is 2.03. The summed E-state index contributed by atoms with van der Waals surface area (Å²) in [5.41, 5.74) is 2.92. The van der Waals surface area contributed by atoms with Crippen LogP contribution in [0, 0.1) is 6.92 Å². The lowest BCUT2D eigenvalue weighted by molar-refractivity contribution is 0.415. The van der Waals surface area contributed by atoms with Crippen LogP contribution < -0.4 is 10.1 Å². The van der Waals surface area contributed by atoms with Gasteiger partial charge in [0.05, 0.1) is 18.4 Å². The van der Waals surface area contributed by atoms with Crippen LogP contribution in [0.1, 0.15) is 32.2 Å². The van der Waals surface area contributed by atoms with Gasteiger partial charge >= 0.3 is 0 Å². The Hall–Kier alpha value is -1.94. The number of methoxy groups -OCH3 is 1. The Kier molecular flexibility index (Phi) is 4.58. The largest absolute Gasteiger partial charge is 0.496 e. The maximum Gasteiger partial charge on any atom is 0.163 e. The van der Waals surface area contributed by atoms with Gasteiger partial charge in [0.15, 0.2) is 5.82 Å². The van der Waals surface area contributed by atoms with E-state index >= 15 is 0 Å². The van der Waals surface area contributed by atoms with Gasteiger partial charge in [0.2, 0.25) is 0 Å². The SMILES string of the molecule is COc1ccccc1-c1nc(C)cc(CNC(C)(C)C)n1. The summed E-state index contributed by atoms with van der Waals surface area (Å²) in [6.07, 6.45) is 0. The Morgan fingerprint density at radius 1 is 1.14 bits per heavy atom. The molecule has 0 spiro atoms. The second-order valence-electron chi connectivity index (χ2n) is 6.13. The highest BCUT2D eigenvalue weighted by atomic mass is 16.5. The van der Waals surface area contributed by atoms with Crippen molar-refractivity contribution in [1.29, 1.82) is 0 Å². The summed E-state index contributed by atoms with van der Waals surface area (Å²) in [5, 5.41) is 3.45. The van der Waals surface area contributed by atoms with E-state index < -0.39 is 0 Å². The van der Waals surface area contributed by atoms with E-state index in [2.05, 4.69) is 36.1 Å². The van der Waals surface area contributed by atoms with Gasteiger partial charge in [-0.15, -0.1) is 0 Å². The minimum Gasteiger partial charge on any atom is -0.496 e. The molecule has 0 fully saturated rings. The topological polar surface area (TPSA) is 47.0 Å². The van der Waals surface area contributed by atoms with Gasteiger partial charge in [-0.1, -0.05) is 12.1 Å². The summed E-state index contributed by atoms with van der Waals surface area (Å²) in [4.78, 5) is 9.20. The Bertz CT molecular complexity index is 618. The Morgan fingerprint density at radius 2 is 1.86 bits per heavy atom. The predicted molar refractivity (Wildman–Crippen MR) is 85.3 cm³/mol. The average Bonchev–Trinajstić information content (AvgIpc) is 2.44. The highest BCUT2D eigenvalue weighted by Crippen LogP contribution is 2.27. The zero-order valence-electron chi connectivity index (χ0n) is 13.4. The zero-order valence-corrected chi connectivity index (χ0v) is 13.4. The number of benzene rings is 1. The van der Waals surface area contributed by atoms with Crippen molar-refractivity contribution in [3.63, 3.8) is 0 Å². The van der Waals surface area contributed by atoms with Crippen LogP contribution >= 0.6 is 0 Å². The van der Waals surface area contributed by atoms with Crippen LogP contribution in [-0.2, 0) is 6.54 Å². The number of nitrogens with one attached hydrogen (secondary N) is 1. The van der Waals surface area contributed by atoms with Crippen LogP contribution in [0.15, 0.2) is 30.3 Å². The van der Waals surface area contributed by atoms with E-state index in [9.17, 15) is 0 Å². The van der Waals surface area contributed by atoms with Crippen molar-refractivity contribution >= 4 is 0 Å². The van der Waals surface area contributed by atoms with Crippen LogP contribution in [0.5, 0.6) is 5.75 Å². The minimum atomic E-state index is 0.0590. The van der Waals surface area contributed by atoms with Gasteiger partial charge in [0.25, 0.3) is 0 Å². The third-order valence-electron chi connectivity index (χ3n) is 3.05. The van der Waals surface area contributed by atoms with Gasteiger partial charge in [0, 0.05) is 17.8 Å². The van der Waals surface area contributed by atoms with Crippen molar-refractivity contribution in [1.82, 2.24) is 15.3 Å². The molecule has 0 radical (unpaired) electrons. The molecule has 0 unspecified atom stereocenters. The molecule has 0 bridgehead atoms. The van der Waals surface area contributed by atoms with Gasteiger partial charge in [-0.05, 0) is 45.9 Å². The first-order valence-corrected chi connectivity index (χ1v) is 7.12. The molecule has 1 aromatic heterocycles. The molecule has 0 aliphatic carbocycles. The van der Waals surface area contributed by atoms with E-state index in [0.717, 1.165) is 29.2 Å². The van der Waals surface area contributed by atoms with Crippen molar-refractivity contribution in [2.75, 3.05) is 7.11 Å². The normalized spacial score (nSPS) is 11.5. The predicted octanol–water partition coefficient (Wildman–Crippen LogP) is 3.35. The number of aryl methyl sites for hydroxylation is 1. The van der Waals surface area contributed by atoms with Crippen molar-refractivity contribution in [2.45, 2.75) is 39.8 Å². The number of para-hydroxylation sites is 1. The molecule has 0 aliphatic heterocycles. The molecule has 4 nitrogen and oxygen atoms in total. The first-order chi connectivity index (χ1) is 9.89. The highest BCUT2D eigenvalue weighted by Gasteiger charge is 2.12. The van der Waals surface area contributed by atoms with E-state index in [1.807, 2.05) is 37.3 Å². The lowest BCUT2D eigenvalue weighted by Gasteiger charge is -2.20. The zero-order chi connectivity index (χ0) is 15.5. The summed E-state index contributed by atoms with van der Waals surface area (Å²) >= 11 is 0. The standard InChI is InChI=1S/C17H23N3O/c1-12-10-13(11-18-17(2,3)4)20-16(19-12)14-8-6-7-9-15(14)21-5/h6-10,18H,11H2,1-5H3. The number of hydrogen-bond donors (Lipinski definition) is 1. The Balaban J connectivity index is 2.34. The fraction of sp³-hybridized carbons (Fsp3) is 0.412. The first-order valence-electron chi connectivity index (χ1n) is 7.12. The fourth-order valence-corrected chi connectivity index (χ4v) is 2.03. The van der Waals surface area contributed by atoms with Crippen LogP contribution in [-0.4, -0.2) is 22.6 Å². The van der Waals surface area contributed by atoms with Gasteiger partial charge in [-0.25, -0.2) is 9.97 Å². The molecule has 21 heavy (non-hydrogen) atoms. The summed E-state index contributed by atoms with van der Waals surface area (Å²) in [7, 11) is 1.66. The molecule has 4 heteroatoms. The van der Waals surface area contributed by atoms with Crippen LogP contribution in [0.4, 0.5) is 0 Å². The van der Waals surface area contributed by atoms with Gasteiger partial charge < -0.3 is 10.1 Å². The molecule has 2 rings (SSSR count). The summed E-state index contributed by atoms with van der Waals surface area (Å²) in [6.45, 7) is 9.13. The number of hydrogen-bond acceptors (Lipinski definition) is 4. The maximum absolute atomic E-state index is 5.40. The molecule has 0 atom stereocenters. The molecule has 0 amide bonds. The smallest absolute Gasteiger partial charge is 0.163 e. The third-order valence-corrected chi connectivity index (χ3v) is 3.05. The molecule has 0 saturated heterocycles. The van der Waals surface area contributed by atoms with E-state index in [1.54, 1.807) is 7.11 Å². The molecular formula is C17H23N3O. The Labute approximate surface area is 126 Å². The van der Waals surface area contributed by atoms with Crippen molar-refractivity contribution in [2.24, 2.45) is 0 Å². The molecule has 0 aliphatic rings. The van der Waals surface area contributed by atoms with E-state index in [-0.39, 0.29) is 5.54 Å². The maximum atomic E-state index is 5.40. The summed E-state index contributed by atoms with van der Waals surface area (Å²) in [5.74, 6) is 1.50. The second kappa shape index (κ2) is 6.22. The van der Waals surface area contributed by atoms with Crippen molar-refractivity contribution in [3.05, 3.63) is 41.7 Å². The van der Waals surface area contributed by atoms with Gasteiger partial charge in [-0.3, -0.25) is 0 Å². The molecule has 1 N–H and O–H groups in total. The Morgan fingerprint density at radius 3 is 2.52 bits per heavy atom. The van der Waals surface area contributed by atoms with Gasteiger partial charge in [-0.2, -0.15) is 0 Å². The summed E-state index contributed by atoms with van der Waals surface area (Å²) in [6, 6.07) is 9.83. The molecule has 1 aromatic carbocycles. The lowest BCUT2D eigenvalue weighted by atomic mass is 10.1. The van der Waals surface area contributed by atoms with Crippen molar-refractivity contribution < 1.29 is 4.74 Å². The molecule has 1 heterocycles.